The van der Waals surface area contributed by atoms with Crippen LogP contribution >= 0.6 is 15.9 Å². The Morgan fingerprint density at radius 2 is 2.11 bits per heavy atom. The predicted octanol–water partition coefficient (Wildman–Crippen LogP) is 2.78. The van der Waals surface area contributed by atoms with Crippen LogP contribution in [0.25, 0.3) is 0 Å². The summed E-state index contributed by atoms with van der Waals surface area (Å²) in [5.74, 6) is 0.746. The molecule has 96 valence electrons. The van der Waals surface area contributed by atoms with Crippen molar-refractivity contribution >= 4 is 15.9 Å². The largest absolute Gasteiger partial charge is 0.490 e. The van der Waals surface area contributed by atoms with Crippen LogP contribution in [0.5, 0.6) is 5.75 Å². The Morgan fingerprint density at radius 3 is 2.78 bits per heavy atom. The van der Waals surface area contributed by atoms with E-state index in [1.165, 1.54) is 0 Å². The topological polar surface area (TPSA) is 47.3 Å². The third kappa shape index (κ3) is 2.91. The Hall–Kier alpha value is -1.33. The first kappa shape index (κ1) is 13.1. The van der Waals surface area contributed by atoms with Crippen molar-refractivity contribution in [2.24, 2.45) is 0 Å². The number of aliphatic hydroxyl groups excluding tert-OH is 1. The predicted molar refractivity (Wildman–Crippen MR) is 72.5 cm³/mol. The molecule has 0 aliphatic heterocycles. The molecule has 1 unspecified atom stereocenters. The monoisotopic (exact) mass is 310 g/mol. The molecule has 1 N–H and O–H groups in total. The molecule has 18 heavy (non-hydrogen) atoms. The van der Waals surface area contributed by atoms with Gasteiger partial charge < -0.3 is 9.84 Å². The second-order valence-electron chi connectivity index (χ2n) is 3.83. The van der Waals surface area contributed by atoms with Gasteiger partial charge in [0.1, 0.15) is 18.5 Å². The minimum Gasteiger partial charge on any atom is -0.490 e. The van der Waals surface area contributed by atoms with Gasteiger partial charge in [-0.3, -0.25) is 4.68 Å². The molecular weight excluding hydrogens is 296 g/mol. The van der Waals surface area contributed by atoms with Crippen molar-refractivity contribution in [1.82, 2.24) is 9.78 Å². The van der Waals surface area contributed by atoms with Gasteiger partial charge in [0.15, 0.2) is 0 Å². The molecule has 0 fully saturated rings. The zero-order chi connectivity index (χ0) is 13.0. The minimum atomic E-state index is -0.706. The van der Waals surface area contributed by atoms with Crippen LogP contribution < -0.4 is 4.74 Å². The van der Waals surface area contributed by atoms with E-state index in [0.29, 0.717) is 6.54 Å². The van der Waals surface area contributed by atoms with E-state index in [1.807, 2.05) is 37.3 Å². The number of aliphatic hydroxyl groups is 1. The lowest BCUT2D eigenvalue weighted by atomic mass is 10.2. The summed E-state index contributed by atoms with van der Waals surface area (Å²) < 4.78 is 8.09. The minimum absolute atomic E-state index is 0.203. The molecule has 1 heterocycles. The SMILES string of the molecule is CCn1ncc(Br)c1C(O)COc1ccccc1. The lowest BCUT2D eigenvalue weighted by Crippen LogP contribution is -2.15. The first-order valence-electron chi connectivity index (χ1n) is 5.79. The van der Waals surface area contributed by atoms with Gasteiger partial charge in [0.05, 0.1) is 16.4 Å². The zero-order valence-corrected chi connectivity index (χ0v) is 11.7. The highest BCUT2D eigenvalue weighted by Gasteiger charge is 2.17. The van der Waals surface area contributed by atoms with Gasteiger partial charge in [-0.1, -0.05) is 18.2 Å². The summed E-state index contributed by atoms with van der Waals surface area (Å²) in [5.41, 5.74) is 0.744. The Bertz CT molecular complexity index is 499. The number of aryl methyl sites for hydroxylation is 1. The number of aromatic nitrogens is 2. The van der Waals surface area contributed by atoms with Crippen LogP contribution in [-0.2, 0) is 6.54 Å². The summed E-state index contributed by atoms with van der Waals surface area (Å²) in [6, 6.07) is 9.44. The molecule has 1 aromatic heterocycles. The summed E-state index contributed by atoms with van der Waals surface area (Å²) in [6.07, 6.45) is 0.979. The van der Waals surface area contributed by atoms with E-state index in [4.69, 9.17) is 4.74 Å². The first-order chi connectivity index (χ1) is 8.72. The van der Waals surface area contributed by atoms with E-state index in [0.717, 1.165) is 15.9 Å². The van der Waals surface area contributed by atoms with Crippen molar-refractivity contribution in [1.29, 1.82) is 0 Å². The average Bonchev–Trinajstić information content (AvgIpc) is 2.78. The summed E-state index contributed by atoms with van der Waals surface area (Å²) in [7, 11) is 0. The number of nitrogens with zero attached hydrogens (tertiary/aromatic N) is 2. The maximum absolute atomic E-state index is 10.1. The normalized spacial score (nSPS) is 12.4. The van der Waals surface area contributed by atoms with Gasteiger partial charge in [0, 0.05) is 6.54 Å². The maximum atomic E-state index is 10.1. The van der Waals surface area contributed by atoms with Gasteiger partial charge in [-0.25, -0.2) is 0 Å². The highest BCUT2D eigenvalue weighted by Crippen LogP contribution is 2.24. The molecular formula is C13H15BrN2O2. The number of hydrogen-bond acceptors (Lipinski definition) is 3. The molecule has 0 bridgehead atoms. The zero-order valence-electron chi connectivity index (χ0n) is 10.1. The molecule has 0 saturated carbocycles. The second kappa shape index (κ2) is 6.02. The number of para-hydroxylation sites is 1. The smallest absolute Gasteiger partial charge is 0.131 e. The molecule has 2 rings (SSSR count). The van der Waals surface area contributed by atoms with E-state index in [2.05, 4.69) is 21.0 Å². The number of hydrogen-bond donors (Lipinski definition) is 1. The molecule has 0 aliphatic carbocycles. The van der Waals surface area contributed by atoms with Crippen molar-refractivity contribution in [3.8, 4) is 5.75 Å². The Balaban J connectivity index is 2.03. The molecule has 0 spiro atoms. The Labute approximate surface area is 114 Å². The van der Waals surface area contributed by atoms with Crippen LogP contribution in [0.4, 0.5) is 0 Å². The molecule has 0 amide bonds. The maximum Gasteiger partial charge on any atom is 0.131 e. The van der Waals surface area contributed by atoms with Crippen LogP contribution in [0.3, 0.4) is 0 Å². The summed E-state index contributed by atoms with van der Waals surface area (Å²) in [4.78, 5) is 0. The fourth-order valence-corrected chi connectivity index (χ4v) is 2.29. The lowest BCUT2D eigenvalue weighted by Gasteiger charge is -2.14. The van der Waals surface area contributed by atoms with Crippen molar-refractivity contribution < 1.29 is 9.84 Å². The van der Waals surface area contributed by atoms with E-state index < -0.39 is 6.10 Å². The fourth-order valence-electron chi connectivity index (χ4n) is 1.73. The quantitative estimate of drug-likeness (QED) is 0.923. The van der Waals surface area contributed by atoms with E-state index in [9.17, 15) is 5.11 Å². The first-order valence-corrected chi connectivity index (χ1v) is 6.58. The molecule has 5 heteroatoms. The summed E-state index contributed by atoms with van der Waals surface area (Å²) >= 11 is 3.39. The van der Waals surface area contributed by atoms with Crippen molar-refractivity contribution in [2.45, 2.75) is 19.6 Å². The van der Waals surface area contributed by atoms with Crippen LogP contribution in [-0.4, -0.2) is 21.5 Å². The number of benzene rings is 1. The molecule has 0 aliphatic rings. The van der Waals surface area contributed by atoms with E-state index in [1.54, 1.807) is 10.9 Å². The Kier molecular flexibility index (Phi) is 4.38. The molecule has 1 atom stereocenters. The third-order valence-electron chi connectivity index (χ3n) is 2.60. The van der Waals surface area contributed by atoms with Crippen molar-refractivity contribution in [3.05, 3.63) is 46.7 Å². The molecule has 0 saturated heterocycles. The summed E-state index contributed by atoms with van der Waals surface area (Å²) in [5, 5.41) is 14.3. The van der Waals surface area contributed by atoms with Gasteiger partial charge in [0.25, 0.3) is 0 Å². The highest BCUT2D eigenvalue weighted by molar-refractivity contribution is 9.10. The van der Waals surface area contributed by atoms with Gasteiger partial charge in [-0.15, -0.1) is 0 Å². The van der Waals surface area contributed by atoms with Gasteiger partial charge >= 0.3 is 0 Å². The van der Waals surface area contributed by atoms with Crippen LogP contribution in [0, 0.1) is 0 Å². The molecule has 2 aromatic rings. The van der Waals surface area contributed by atoms with E-state index in [-0.39, 0.29) is 6.61 Å². The number of ether oxygens (including phenoxy) is 1. The van der Waals surface area contributed by atoms with Crippen LogP contribution in [0.1, 0.15) is 18.7 Å². The lowest BCUT2D eigenvalue weighted by molar-refractivity contribution is 0.0996. The molecule has 4 nitrogen and oxygen atoms in total. The van der Waals surface area contributed by atoms with Crippen LogP contribution in [0.15, 0.2) is 41.0 Å². The Morgan fingerprint density at radius 1 is 1.39 bits per heavy atom. The van der Waals surface area contributed by atoms with Crippen molar-refractivity contribution in [2.75, 3.05) is 6.61 Å². The van der Waals surface area contributed by atoms with Gasteiger partial charge in [0.2, 0.25) is 0 Å². The second-order valence-corrected chi connectivity index (χ2v) is 4.69. The molecule has 1 aromatic carbocycles. The van der Waals surface area contributed by atoms with Crippen LogP contribution in [0.2, 0.25) is 0 Å². The highest BCUT2D eigenvalue weighted by atomic mass is 79.9. The standard InChI is InChI=1S/C13H15BrN2O2/c1-2-16-13(11(14)8-15-16)12(17)9-18-10-6-4-3-5-7-10/h3-8,12,17H,2,9H2,1H3. The van der Waals surface area contributed by atoms with Gasteiger partial charge in [-0.2, -0.15) is 5.10 Å². The average molecular weight is 311 g/mol. The summed E-state index contributed by atoms with van der Waals surface area (Å²) in [6.45, 7) is 2.89. The molecule has 0 radical (unpaired) electrons. The van der Waals surface area contributed by atoms with Crippen molar-refractivity contribution in [3.63, 3.8) is 0 Å². The van der Waals surface area contributed by atoms with E-state index >= 15 is 0 Å². The number of halogens is 1. The third-order valence-corrected chi connectivity index (χ3v) is 3.21. The number of rotatable bonds is 5. The van der Waals surface area contributed by atoms with Gasteiger partial charge in [-0.05, 0) is 35.0 Å². The fraction of sp³-hybridized carbons (Fsp3) is 0.308.